The van der Waals surface area contributed by atoms with Crippen molar-refractivity contribution in [1.82, 2.24) is 9.97 Å². The molecule has 1 heterocycles. The van der Waals surface area contributed by atoms with Crippen molar-refractivity contribution in [2.45, 2.75) is 6.42 Å². The molecule has 0 aliphatic carbocycles. The molecule has 1 N–H and O–H groups in total. The first-order valence-corrected chi connectivity index (χ1v) is 6.39. The molecular formula is C13H10BrFN4. The second-order valence-electron chi connectivity index (χ2n) is 3.79. The maximum Gasteiger partial charge on any atom is 0.182 e. The molecule has 0 bridgehead atoms. The Balaban J connectivity index is 1.97. The second-order valence-corrected chi connectivity index (χ2v) is 4.64. The van der Waals surface area contributed by atoms with E-state index in [0.717, 1.165) is 5.56 Å². The molecule has 96 valence electrons. The van der Waals surface area contributed by atoms with Gasteiger partial charge in [0.05, 0.1) is 4.47 Å². The molecule has 0 amide bonds. The molecule has 0 saturated carbocycles. The summed E-state index contributed by atoms with van der Waals surface area (Å²) in [7, 11) is 0. The summed E-state index contributed by atoms with van der Waals surface area (Å²) in [5, 5.41) is 11.9. The molecule has 1 aromatic carbocycles. The van der Waals surface area contributed by atoms with Crippen molar-refractivity contribution in [1.29, 1.82) is 5.26 Å². The average molecular weight is 321 g/mol. The Kier molecular flexibility index (Phi) is 4.42. The highest BCUT2D eigenvalue weighted by molar-refractivity contribution is 9.10. The third kappa shape index (κ3) is 3.48. The van der Waals surface area contributed by atoms with Gasteiger partial charge in [-0.2, -0.15) is 5.26 Å². The van der Waals surface area contributed by atoms with Gasteiger partial charge in [-0.1, -0.05) is 6.07 Å². The van der Waals surface area contributed by atoms with Crippen LogP contribution in [-0.2, 0) is 6.42 Å². The third-order valence-electron chi connectivity index (χ3n) is 2.49. The van der Waals surface area contributed by atoms with Crippen LogP contribution in [0.2, 0.25) is 0 Å². The zero-order valence-corrected chi connectivity index (χ0v) is 11.5. The Hall–Kier alpha value is -2.00. The van der Waals surface area contributed by atoms with Crippen LogP contribution >= 0.6 is 15.9 Å². The van der Waals surface area contributed by atoms with Crippen molar-refractivity contribution in [2.24, 2.45) is 0 Å². The molecule has 0 fully saturated rings. The first kappa shape index (κ1) is 13.4. The summed E-state index contributed by atoms with van der Waals surface area (Å²) in [6, 6.07) is 6.85. The Morgan fingerprint density at radius 1 is 1.32 bits per heavy atom. The average Bonchev–Trinajstić information content (AvgIpc) is 2.43. The van der Waals surface area contributed by atoms with Crippen LogP contribution in [0.25, 0.3) is 0 Å². The maximum atomic E-state index is 13.1. The van der Waals surface area contributed by atoms with Crippen molar-refractivity contribution in [3.8, 4) is 6.07 Å². The summed E-state index contributed by atoms with van der Waals surface area (Å²) in [5.74, 6) is 0.184. The van der Waals surface area contributed by atoms with E-state index < -0.39 is 0 Å². The zero-order valence-electron chi connectivity index (χ0n) is 9.90. The van der Waals surface area contributed by atoms with Crippen molar-refractivity contribution in [3.63, 3.8) is 0 Å². The van der Waals surface area contributed by atoms with Crippen LogP contribution < -0.4 is 5.32 Å². The fourth-order valence-electron chi connectivity index (χ4n) is 1.57. The van der Waals surface area contributed by atoms with E-state index in [2.05, 4.69) is 31.2 Å². The van der Waals surface area contributed by atoms with Gasteiger partial charge in [0, 0.05) is 18.9 Å². The van der Waals surface area contributed by atoms with Crippen LogP contribution in [-0.4, -0.2) is 16.5 Å². The molecule has 0 aliphatic heterocycles. The quantitative estimate of drug-likeness (QED) is 0.940. The number of anilines is 1. The molecule has 6 heteroatoms. The smallest absolute Gasteiger partial charge is 0.182 e. The Labute approximate surface area is 118 Å². The van der Waals surface area contributed by atoms with Crippen molar-refractivity contribution in [2.75, 3.05) is 11.9 Å². The number of nitriles is 1. The molecule has 0 unspecified atom stereocenters. The van der Waals surface area contributed by atoms with E-state index in [1.54, 1.807) is 12.1 Å². The zero-order chi connectivity index (χ0) is 13.7. The van der Waals surface area contributed by atoms with Gasteiger partial charge in [0.25, 0.3) is 0 Å². The monoisotopic (exact) mass is 320 g/mol. The Bertz CT molecular complexity index is 624. The second kappa shape index (κ2) is 6.25. The standard InChI is InChI=1S/C13H10BrFN4/c14-10-7-9(1-2-11(10)15)3-4-18-13-12(8-16)17-5-6-19-13/h1-2,5-7H,3-4H2,(H,18,19). The van der Waals surface area contributed by atoms with Crippen LogP contribution in [0.3, 0.4) is 0 Å². The van der Waals surface area contributed by atoms with Gasteiger partial charge in [-0.3, -0.25) is 0 Å². The van der Waals surface area contributed by atoms with Gasteiger partial charge in [-0.05, 0) is 40.0 Å². The normalized spacial score (nSPS) is 9.95. The van der Waals surface area contributed by atoms with E-state index >= 15 is 0 Å². The highest BCUT2D eigenvalue weighted by Gasteiger charge is 2.04. The molecule has 19 heavy (non-hydrogen) atoms. The Morgan fingerprint density at radius 3 is 2.84 bits per heavy atom. The van der Waals surface area contributed by atoms with Crippen molar-refractivity contribution >= 4 is 21.7 Å². The predicted molar refractivity (Wildman–Crippen MR) is 73.0 cm³/mol. The van der Waals surface area contributed by atoms with Crippen LogP contribution in [0.5, 0.6) is 0 Å². The summed E-state index contributed by atoms with van der Waals surface area (Å²) >= 11 is 3.14. The lowest BCUT2D eigenvalue weighted by Gasteiger charge is -2.06. The summed E-state index contributed by atoms with van der Waals surface area (Å²) in [6.45, 7) is 0.589. The van der Waals surface area contributed by atoms with E-state index in [1.807, 2.05) is 6.07 Å². The van der Waals surface area contributed by atoms with Gasteiger partial charge in [0.2, 0.25) is 0 Å². The van der Waals surface area contributed by atoms with Gasteiger partial charge in [-0.15, -0.1) is 0 Å². The van der Waals surface area contributed by atoms with E-state index in [9.17, 15) is 4.39 Å². The van der Waals surface area contributed by atoms with Gasteiger partial charge in [-0.25, -0.2) is 14.4 Å². The van der Waals surface area contributed by atoms with E-state index in [1.165, 1.54) is 18.5 Å². The molecule has 4 nitrogen and oxygen atoms in total. The highest BCUT2D eigenvalue weighted by atomic mass is 79.9. The van der Waals surface area contributed by atoms with Crippen LogP contribution in [0.4, 0.5) is 10.2 Å². The maximum absolute atomic E-state index is 13.1. The number of nitrogens with one attached hydrogen (secondary N) is 1. The van der Waals surface area contributed by atoms with E-state index in [4.69, 9.17) is 5.26 Å². The summed E-state index contributed by atoms with van der Waals surface area (Å²) in [5.41, 5.74) is 1.26. The number of hydrogen-bond donors (Lipinski definition) is 1. The number of aromatic nitrogens is 2. The van der Waals surface area contributed by atoms with Crippen LogP contribution in [0.15, 0.2) is 35.1 Å². The van der Waals surface area contributed by atoms with Gasteiger partial charge in [0.15, 0.2) is 11.5 Å². The molecular weight excluding hydrogens is 311 g/mol. The largest absolute Gasteiger partial charge is 0.367 e. The lowest BCUT2D eigenvalue weighted by molar-refractivity contribution is 0.620. The van der Waals surface area contributed by atoms with Crippen LogP contribution in [0.1, 0.15) is 11.3 Å². The topological polar surface area (TPSA) is 61.6 Å². The minimum Gasteiger partial charge on any atom is -0.367 e. The predicted octanol–water partition coefficient (Wildman–Crippen LogP) is 2.90. The summed E-state index contributed by atoms with van der Waals surface area (Å²) in [6.07, 6.45) is 3.69. The number of halogens is 2. The minimum atomic E-state index is -0.280. The Morgan fingerprint density at radius 2 is 2.11 bits per heavy atom. The minimum absolute atomic E-state index is 0.266. The van der Waals surface area contributed by atoms with Gasteiger partial charge < -0.3 is 5.32 Å². The lowest BCUT2D eigenvalue weighted by atomic mass is 10.1. The molecule has 2 aromatic rings. The number of rotatable bonds is 4. The molecule has 0 saturated heterocycles. The fourth-order valence-corrected chi connectivity index (χ4v) is 2.00. The first-order valence-electron chi connectivity index (χ1n) is 5.59. The molecule has 0 spiro atoms. The number of benzene rings is 1. The number of hydrogen-bond acceptors (Lipinski definition) is 4. The van der Waals surface area contributed by atoms with E-state index in [-0.39, 0.29) is 11.5 Å². The van der Waals surface area contributed by atoms with Crippen molar-refractivity contribution in [3.05, 3.63) is 52.1 Å². The first-order chi connectivity index (χ1) is 9.20. The molecule has 0 aliphatic rings. The third-order valence-corrected chi connectivity index (χ3v) is 3.10. The van der Waals surface area contributed by atoms with Gasteiger partial charge in [0.1, 0.15) is 11.9 Å². The lowest BCUT2D eigenvalue weighted by Crippen LogP contribution is -2.08. The molecule has 0 radical (unpaired) electrons. The molecule has 0 atom stereocenters. The van der Waals surface area contributed by atoms with Crippen LogP contribution in [0, 0.1) is 17.1 Å². The molecule has 1 aromatic heterocycles. The van der Waals surface area contributed by atoms with Crippen molar-refractivity contribution < 1.29 is 4.39 Å². The highest BCUT2D eigenvalue weighted by Crippen LogP contribution is 2.17. The summed E-state index contributed by atoms with van der Waals surface area (Å²) < 4.78 is 13.5. The van der Waals surface area contributed by atoms with Gasteiger partial charge >= 0.3 is 0 Å². The SMILES string of the molecule is N#Cc1nccnc1NCCc1ccc(F)c(Br)c1. The fraction of sp³-hybridized carbons (Fsp3) is 0.154. The number of nitrogens with zero attached hydrogens (tertiary/aromatic N) is 3. The molecule has 2 rings (SSSR count). The van der Waals surface area contributed by atoms with E-state index in [0.29, 0.717) is 23.3 Å². The summed E-state index contributed by atoms with van der Waals surface area (Å²) in [4.78, 5) is 7.95.